The molecule has 0 aliphatic heterocycles. The second kappa shape index (κ2) is 10.1. The van der Waals surface area contributed by atoms with Crippen LogP contribution in [0.2, 0.25) is 0 Å². The summed E-state index contributed by atoms with van der Waals surface area (Å²) < 4.78 is 6.68. The predicted octanol–water partition coefficient (Wildman–Crippen LogP) is 4.98. The number of rotatable bonds is 8. The summed E-state index contributed by atoms with van der Waals surface area (Å²) in [5.41, 5.74) is 4.60. The van der Waals surface area contributed by atoms with E-state index in [0.717, 1.165) is 33.9 Å². The molecule has 0 aliphatic rings. The van der Waals surface area contributed by atoms with Gasteiger partial charge in [0.1, 0.15) is 5.75 Å². The maximum Gasteiger partial charge on any atom is 0.277 e. The van der Waals surface area contributed by atoms with E-state index < -0.39 is 0 Å². The van der Waals surface area contributed by atoms with Crippen molar-refractivity contribution in [1.29, 1.82) is 0 Å². The van der Waals surface area contributed by atoms with Crippen LogP contribution in [-0.4, -0.2) is 31.8 Å². The van der Waals surface area contributed by atoms with Crippen molar-refractivity contribution in [2.24, 2.45) is 5.10 Å². The molecule has 0 unspecified atom stereocenters. The SMILES string of the molecule is CCN(CC)c1ccc(/C=N/NC(=O)COc2ccc(Br)c3ccccc23)cc1. The molecule has 1 N–H and O–H groups in total. The van der Waals surface area contributed by atoms with Gasteiger partial charge in [0.05, 0.1) is 6.21 Å². The average Bonchev–Trinajstić information content (AvgIpc) is 2.75. The molecule has 5 nitrogen and oxygen atoms in total. The van der Waals surface area contributed by atoms with E-state index in [1.165, 1.54) is 5.69 Å². The lowest BCUT2D eigenvalue weighted by molar-refractivity contribution is -0.123. The van der Waals surface area contributed by atoms with E-state index in [1.807, 2.05) is 48.5 Å². The second-order valence-electron chi connectivity index (χ2n) is 6.44. The molecular formula is C23H24BrN3O2. The Kier molecular flexibility index (Phi) is 7.25. The van der Waals surface area contributed by atoms with Gasteiger partial charge in [-0.2, -0.15) is 5.10 Å². The summed E-state index contributed by atoms with van der Waals surface area (Å²) in [6.45, 7) is 6.09. The molecule has 0 aliphatic carbocycles. The Balaban J connectivity index is 1.55. The minimum Gasteiger partial charge on any atom is -0.483 e. The van der Waals surface area contributed by atoms with E-state index in [4.69, 9.17) is 4.74 Å². The van der Waals surface area contributed by atoms with Crippen molar-refractivity contribution in [3.05, 3.63) is 70.7 Å². The molecule has 1 amide bonds. The van der Waals surface area contributed by atoms with Gasteiger partial charge in [-0.25, -0.2) is 5.43 Å². The molecule has 0 saturated heterocycles. The number of ether oxygens (including phenoxy) is 1. The van der Waals surface area contributed by atoms with Crippen molar-refractivity contribution < 1.29 is 9.53 Å². The third-order valence-electron chi connectivity index (χ3n) is 4.61. The van der Waals surface area contributed by atoms with Crippen molar-refractivity contribution in [2.45, 2.75) is 13.8 Å². The Morgan fingerprint density at radius 3 is 2.41 bits per heavy atom. The zero-order chi connectivity index (χ0) is 20.6. The van der Waals surface area contributed by atoms with Crippen LogP contribution in [-0.2, 0) is 4.79 Å². The van der Waals surface area contributed by atoms with Gasteiger partial charge in [-0.3, -0.25) is 4.79 Å². The van der Waals surface area contributed by atoms with E-state index in [-0.39, 0.29) is 12.5 Å². The van der Waals surface area contributed by atoms with Crippen LogP contribution in [0.1, 0.15) is 19.4 Å². The van der Waals surface area contributed by atoms with Crippen LogP contribution in [0.3, 0.4) is 0 Å². The quantitative estimate of drug-likeness (QED) is 0.386. The molecule has 150 valence electrons. The first-order chi connectivity index (χ1) is 14.1. The predicted molar refractivity (Wildman–Crippen MR) is 123 cm³/mol. The molecule has 3 aromatic rings. The summed E-state index contributed by atoms with van der Waals surface area (Å²) in [7, 11) is 0. The molecular weight excluding hydrogens is 430 g/mol. The van der Waals surface area contributed by atoms with Gasteiger partial charge in [0.25, 0.3) is 5.91 Å². The second-order valence-corrected chi connectivity index (χ2v) is 7.29. The van der Waals surface area contributed by atoms with E-state index in [1.54, 1.807) is 6.21 Å². The van der Waals surface area contributed by atoms with Crippen LogP contribution in [0.25, 0.3) is 10.8 Å². The lowest BCUT2D eigenvalue weighted by atomic mass is 10.1. The molecule has 0 heterocycles. The molecule has 0 spiro atoms. The number of nitrogens with one attached hydrogen (secondary N) is 1. The molecule has 3 aromatic carbocycles. The van der Waals surface area contributed by atoms with Crippen LogP contribution < -0.4 is 15.1 Å². The summed E-state index contributed by atoms with van der Waals surface area (Å²) in [6, 6.07) is 19.7. The zero-order valence-corrected chi connectivity index (χ0v) is 18.1. The van der Waals surface area contributed by atoms with Gasteiger partial charge in [-0.05, 0) is 49.1 Å². The fraction of sp³-hybridized carbons (Fsp3) is 0.217. The minimum atomic E-state index is -0.312. The van der Waals surface area contributed by atoms with Crippen LogP contribution in [0.15, 0.2) is 70.2 Å². The fourth-order valence-corrected chi connectivity index (χ4v) is 3.55. The monoisotopic (exact) mass is 453 g/mol. The number of hydrogen-bond acceptors (Lipinski definition) is 4. The van der Waals surface area contributed by atoms with Crippen LogP contribution in [0.5, 0.6) is 5.75 Å². The van der Waals surface area contributed by atoms with Gasteiger partial charge in [0.15, 0.2) is 6.61 Å². The van der Waals surface area contributed by atoms with Crippen LogP contribution in [0, 0.1) is 0 Å². The van der Waals surface area contributed by atoms with Crippen molar-refractivity contribution in [3.8, 4) is 5.75 Å². The summed E-state index contributed by atoms with van der Waals surface area (Å²) in [5, 5.41) is 6.01. The number of nitrogens with zero attached hydrogens (tertiary/aromatic N) is 2. The van der Waals surface area contributed by atoms with Crippen molar-refractivity contribution in [2.75, 3.05) is 24.6 Å². The number of halogens is 1. The number of carbonyl (C=O) groups is 1. The Morgan fingerprint density at radius 1 is 1.03 bits per heavy atom. The molecule has 0 saturated carbocycles. The van der Waals surface area contributed by atoms with Crippen molar-refractivity contribution >= 4 is 44.5 Å². The fourth-order valence-electron chi connectivity index (χ4n) is 3.07. The van der Waals surface area contributed by atoms with Gasteiger partial charge >= 0.3 is 0 Å². The van der Waals surface area contributed by atoms with Gasteiger partial charge in [-0.1, -0.05) is 52.3 Å². The van der Waals surface area contributed by atoms with Gasteiger partial charge in [-0.15, -0.1) is 0 Å². The summed E-state index contributed by atoms with van der Waals surface area (Å²) in [4.78, 5) is 14.3. The zero-order valence-electron chi connectivity index (χ0n) is 16.6. The van der Waals surface area contributed by atoms with E-state index >= 15 is 0 Å². The Hall–Kier alpha value is -2.86. The molecule has 0 fully saturated rings. The van der Waals surface area contributed by atoms with Crippen LogP contribution >= 0.6 is 15.9 Å². The molecule has 3 rings (SSSR count). The topological polar surface area (TPSA) is 53.9 Å². The summed E-state index contributed by atoms with van der Waals surface area (Å²) in [5.74, 6) is 0.350. The molecule has 0 atom stereocenters. The van der Waals surface area contributed by atoms with E-state index in [9.17, 15) is 4.79 Å². The van der Waals surface area contributed by atoms with Crippen molar-refractivity contribution in [1.82, 2.24) is 5.43 Å². The Bertz CT molecular complexity index is 999. The van der Waals surface area contributed by atoms with Crippen molar-refractivity contribution in [3.63, 3.8) is 0 Å². The van der Waals surface area contributed by atoms with Gasteiger partial charge in [0.2, 0.25) is 0 Å². The molecule has 0 bridgehead atoms. The molecule has 0 aromatic heterocycles. The molecule has 6 heteroatoms. The third-order valence-corrected chi connectivity index (χ3v) is 5.31. The Labute approximate surface area is 179 Å². The average molecular weight is 454 g/mol. The minimum absolute atomic E-state index is 0.107. The lowest BCUT2D eigenvalue weighted by Gasteiger charge is -2.20. The maximum atomic E-state index is 12.1. The van der Waals surface area contributed by atoms with Gasteiger partial charge < -0.3 is 9.64 Å². The number of benzene rings is 3. The lowest BCUT2D eigenvalue weighted by Crippen LogP contribution is -2.24. The number of hydrogen-bond donors (Lipinski definition) is 1. The highest BCUT2D eigenvalue weighted by Gasteiger charge is 2.07. The number of hydrazone groups is 1. The van der Waals surface area contributed by atoms with Gasteiger partial charge in [0, 0.05) is 28.6 Å². The molecule has 29 heavy (non-hydrogen) atoms. The first kappa shape index (κ1) is 20.9. The summed E-state index contributed by atoms with van der Waals surface area (Å²) in [6.07, 6.45) is 1.62. The smallest absolute Gasteiger partial charge is 0.277 e. The third kappa shape index (κ3) is 5.35. The number of amides is 1. The maximum absolute atomic E-state index is 12.1. The highest BCUT2D eigenvalue weighted by Crippen LogP contribution is 2.31. The first-order valence-corrected chi connectivity index (χ1v) is 10.4. The molecule has 0 radical (unpaired) electrons. The normalized spacial score (nSPS) is 11.0. The van der Waals surface area contributed by atoms with Crippen LogP contribution in [0.4, 0.5) is 5.69 Å². The highest BCUT2D eigenvalue weighted by molar-refractivity contribution is 9.10. The van der Waals surface area contributed by atoms with E-state index in [0.29, 0.717) is 5.75 Å². The standard InChI is InChI=1S/C23H24BrN3O2/c1-3-27(4-2)18-11-9-17(10-12-18)15-25-26-23(28)16-29-22-14-13-21(24)19-7-5-6-8-20(19)22/h5-15H,3-4,16H2,1-2H3,(H,26,28)/b25-15+. The largest absolute Gasteiger partial charge is 0.483 e. The Morgan fingerprint density at radius 2 is 1.72 bits per heavy atom. The first-order valence-electron chi connectivity index (χ1n) is 9.59. The summed E-state index contributed by atoms with van der Waals surface area (Å²) >= 11 is 3.53. The number of carbonyl (C=O) groups excluding carboxylic acids is 1. The highest BCUT2D eigenvalue weighted by atomic mass is 79.9. The number of anilines is 1. The van der Waals surface area contributed by atoms with E-state index in [2.05, 4.69) is 57.3 Å². The number of fused-ring (bicyclic) bond motifs is 1.